The van der Waals surface area contributed by atoms with Gasteiger partial charge in [-0.3, -0.25) is 0 Å². The molecule has 0 aromatic heterocycles. The summed E-state index contributed by atoms with van der Waals surface area (Å²) in [6.07, 6.45) is 0. The van der Waals surface area contributed by atoms with E-state index in [-0.39, 0.29) is 5.41 Å². The third kappa shape index (κ3) is 7.06. The Hall–Kier alpha value is -0.860. The fraction of sp³-hybridized carbons (Fsp3) is 0.667. The molecule has 0 aliphatic rings. The van der Waals surface area contributed by atoms with Gasteiger partial charge in [0.2, 0.25) is 0 Å². The Balaban J connectivity index is 2.37. The van der Waals surface area contributed by atoms with Crippen LogP contribution in [-0.2, 0) is 11.3 Å². The molecule has 2 nitrogen and oxygen atoms in total. The Labute approximate surface area is 124 Å². The normalized spacial score (nSPS) is 13.7. The van der Waals surface area contributed by atoms with Crippen molar-refractivity contribution < 1.29 is 4.74 Å². The highest BCUT2D eigenvalue weighted by Crippen LogP contribution is 2.26. The molecule has 0 amide bonds. The van der Waals surface area contributed by atoms with Gasteiger partial charge in [-0.05, 0) is 29.4 Å². The lowest BCUT2D eigenvalue weighted by Crippen LogP contribution is -2.36. The summed E-state index contributed by atoms with van der Waals surface area (Å²) in [6.45, 7) is 15.0. The smallest absolute Gasteiger partial charge is 0.0717 e. The molecule has 1 N–H and O–H groups in total. The molecule has 1 aromatic rings. The minimum Gasteiger partial charge on any atom is -0.376 e. The predicted molar refractivity (Wildman–Crippen MR) is 86.8 cm³/mol. The molecule has 0 bridgehead atoms. The van der Waals surface area contributed by atoms with Crippen LogP contribution >= 0.6 is 0 Å². The highest BCUT2D eigenvalue weighted by Gasteiger charge is 2.24. The van der Waals surface area contributed by atoms with E-state index in [1.54, 1.807) is 0 Å². The average molecular weight is 277 g/mol. The zero-order valence-corrected chi connectivity index (χ0v) is 13.8. The number of rotatable bonds is 8. The SMILES string of the molecule is CC(C)CNCC(COCc1ccccc1)C(C)(C)C. The van der Waals surface area contributed by atoms with Crippen LogP contribution in [-0.4, -0.2) is 19.7 Å². The van der Waals surface area contributed by atoms with Gasteiger partial charge in [-0.2, -0.15) is 0 Å². The van der Waals surface area contributed by atoms with E-state index < -0.39 is 0 Å². The Morgan fingerprint density at radius 1 is 1.05 bits per heavy atom. The lowest BCUT2D eigenvalue weighted by atomic mass is 9.81. The van der Waals surface area contributed by atoms with Crippen molar-refractivity contribution >= 4 is 0 Å². The molecule has 1 unspecified atom stereocenters. The Morgan fingerprint density at radius 3 is 2.25 bits per heavy atom. The van der Waals surface area contributed by atoms with Gasteiger partial charge >= 0.3 is 0 Å². The highest BCUT2D eigenvalue weighted by atomic mass is 16.5. The van der Waals surface area contributed by atoms with Crippen LogP contribution in [0.1, 0.15) is 40.2 Å². The van der Waals surface area contributed by atoms with Crippen molar-refractivity contribution in [3.8, 4) is 0 Å². The lowest BCUT2D eigenvalue weighted by molar-refractivity contribution is 0.0454. The van der Waals surface area contributed by atoms with Crippen LogP contribution in [0.2, 0.25) is 0 Å². The molecule has 114 valence electrons. The van der Waals surface area contributed by atoms with Crippen molar-refractivity contribution in [3.63, 3.8) is 0 Å². The van der Waals surface area contributed by atoms with Gasteiger partial charge in [0, 0.05) is 6.54 Å². The van der Waals surface area contributed by atoms with Crippen LogP contribution in [0.25, 0.3) is 0 Å². The molecule has 1 rings (SSSR count). The number of nitrogens with one attached hydrogen (secondary N) is 1. The molecular formula is C18H31NO. The molecule has 0 spiro atoms. The zero-order valence-electron chi connectivity index (χ0n) is 13.8. The van der Waals surface area contributed by atoms with E-state index in [9.17, 15) is 0 Å². The molecule has 0 fully saturated rings. The summed E-state index contributed by atoms with van der Waals surface area (Å²) in [5.74, 6) is 1.23. The van der Waals surface area contributed by atoms with Gasteiger partial charge in [0.05, 0.1) is 13.2 Å². The summed E-state index contributed by atoms with van der Waals surface area (Å²) in [5, 5.41) is 3.56. The maximum atomic E-state index is 5.93. The third-order valence-corrected chi connectivity index (χ3v) is 3.60. The molecule has 0 aliphatic carbocycles. The van der Waals surface area contributed by atoms with Crippen molar-refractivity contribution in [2.24, 2.45) is 17.3 Å². The molecule has 1 atom stereocenters. The first-order valence-corrected chi connectivity index (χ1v) is 7.72. The second-order valence-electron chi connectivity index (χ2n) is 7.12. The zero-order chi connectivity index (χ0) is 15.0. The minimum absolute atomic E-state index is 0.265. The maximum absolute atomic E-state index is 5.93. The van der Waals surface area contributed by atoms with Gasteiger partial charge in [-0.25, -0.2) is 0 Å². The maximum Gasteiger partial charge on any atom is 0.0717 e. The van der Waals surface area contributed by atoms with Crippen molar-refractivity contribution in [1.82, 2.24) is 5.32 Å². The number of benzene rings is 1. The van der Waals surface area contributed by atoms with Crippen LogP contribution in [0.3, 0.4) is 0 Å². The van der Waals surface area contributed by atoms with Gasteiger partial charge in [-0.1, -0.05) is 65.0 Å². The van der Waals surface area contributed by atoms with Gasteiger partial charge in [-0.15, -0.1) is 0 Å². The third-order valence-electron chi connectivity index (χ3n) is 3.60. The summed E-state index contributed by atoms with van der Waals surface area (Å²) >= 11 is 0. The topological polar surface area (TPSA) is 21.3 Å². The second-order valence-corrected chi connectivity index (χ2v) is 7.12. The Kier molecular flexibility index (Phi) is 7.25. The van der Waals surface area contributed by atoms with Crippen molar-refractivity contribution in [2.75, 3.05) is 19.7 Å². The summed E-state index contributed by atoms with van der Waals surface area (Å²) < 4.78 is 5.93. The lowest BCUT2D eigenvalue weighted by Gasteiger charge is -2.31. The van der Waals surface area contributed by atoms with Crippen LogP contribution in [0.15, 0.2) is 30.3 Å². The van der Waals surface area contributed by atoms with Crippen molar-refractivity contribution in [3.05, 3.63) is 35.9 Å². The van der Waals surface area contributed by atoms with E-state index in [4.69, 9.17) is 4.74 Å². The summed E-state index contributed by atoms with van der Waals surface area (Å²) in [5.41, 5.74) is 1.51. The standard InChI is InChI=1S/C18H31NO/c1-15(2)11-19-12-17(18(3,4)5)14-20-13-16-9-7-6-8-10-16/h6-10,15,17,19H,11-14H2,1-5H3. The second kappa shape index (κ2) is 8.43. The molecular weight excluding hydrogens is 246 g/mol. The molecule has 1 aromatic carbocycles. The minimum atomic E-state index is 0.265. The van der Waals surface area contributed by atoms with Crippen LogP contribution < -0.4 is 5.32 Å². The van der Waals surface area contributed by atoms with Gasteiger partial charge in [0.25, 0.3) is 0 Å². The molecule has 0 heterocycles. The van der Waals surface area contributed by atoms with E-state index in [0.29, 0.717) is 18.4 Å². The molecule has 2 heteroatoms. The fourth-order valence-electron chi connectivity index (χ4n) is 2.05. The summed E-state index contributed by atoms with van der Waals surface area (Å²) in [6, 6.07) is 10.4. The number of hydrogen-bond donors (Lipinski definition) is 1. The first-order chi connectivity index (χ1) is 9.39. The monoisotopic (exact) mass is 277 g/mol. The van der Waals surface area contributed by atoms with Gasteiger partial charge < -0.3 is 10.1 Å². The van der Waals surface area contributed by atoms with Crippen LogP contribution in [0.4, 0.5) is 0 Å². The van der Waals surface area contributed by atoms with E-state index in [1.807, 2.05) is 6.07 Å². The largest absolute Gasteiger partial charge is 0.376 e. The number of hydrogen-bond acceptors (Lipinski definition) is 2. The quantitative estimate of drug-likeness (QED) is 0.772. The van der Waals surface area contributed by atoms with Crippen LogP contribution in [0, 0.1) is 17.3 Å². The summed E-state index contributed by atoms with van der Waals surface area (Å²) in [7, 11) is 0. The Morgan fingerprint density at radius 2 is 1.70 bits per heavy atom. The van der Waals surface area contributed by atoms with Crippen molar-refractivity contribution in [1.29, 1.82) is 0 Å². The first-order valence-electron chi connectivity index (χ1n) is 7.72. The molecule has 0 aliphatic heterocycles. The van der Waals surface area contributed by atoms with E-state index in [0.717, 1.165) is 19.7 Å². The van der Waals surface area contributed by atoms with Gasteiger partial charge in [0.1, 0.15) is 0 Å². The fourth-order valence-corrected chi connectivity index (χ4v) is 2.05. The summed E-state index contributed by atoms with van der Waals surface area (Å²) in [4.78, 5) is 0. The molecule has 20 heavy (non-hydrogen) atoms. The van der Waals surface area contributed by atoms with E-state index in [2.05, 4.69) is 64.2 Å². The predicted octanol–water partition coefficient (Wildman–Crippen LogP) is 4.11. The number of ether oxygens (including phenoxy) is 1. The average Bonchev–Trinajstić information content (AvgIpc) is 2.36. The van der Waals surface area contributed by atoms with E-state index >= 15 is 0 Å². The van der Waals surface area contributed by atoms with E-state index in [1.165, 1.54) is 5.56 Å². The molecule has 0 radical (unpaired) electrons. The first kappa shape index (κ1) is 17.2. The Bertz CT molecular complexity index is 353. The van der Waals surface area contributed by atoms with Gasteiger partial charge in [0.15, 0.2) is 0 Å². The highest BCUT2D eigenvalue weighted by molar-refractivity contribution is 5.13. The molecule has 0 saturated carbocycles. The van der Waals surface area contributed by atoms with Crippen molar-refractivity contribution in [2.45, 2.75) is 41.2 Å². The molecule has 0 saturated heterocycles. The van der Waals surface area contributed by atoms with Crippen LogP contribution in [0.5, 0.6) is 0 Å².